The highest BCUT2D eigenvalue weighted by atomic mass is 16.5. The number of amides is 2. The molecule has 1 saturated heterocycles. The summed E-state index contributed by atoms with van der Waals surface area (Å²) in [6.45, 7) is 5.01. The molecule has 1 aliphatic rings. The number of carbonyl (C=O) groups excluding carboxylic acids is 2. The Morgan fingerprint density at radius 2 is 2.07 bits per heavy atom. The second kappa shape index (κ2) is 8.77. The minimum Gasteiger partial charge on any atom is -0.376 e. The predicted molar refractivity (Wildman–Crippen MR) is 104 cm³/mol. The van der Waals surface area contributed by atoms with Gasteiger partial charge in [0.25, 0.3) is 5.91 Å². The van der Waals surface area contributed by atoms with E-state index in [9.17, 15) is 9.59 Å². The molecule has 2 heterocycles. The molecule has 2 aromatic rings. The lowest BCUT2D eigenvalue weighted by molar-refractivity contribution is -0.117. The molecule has 0 bridgehead atoms. The maximum Gasteiger partial charge on any atom is 0.273 e. The minimum absolute atomic E-state index is 0.0360. The molecule has 1 aromatic heterocycles. The molecule has 6 heteroatoms. The van der Waals surface area contributed by atoms with Crippen molar-refractivity contribution < 1.29 is 14.3 Å². The SMILES string of the molecule is Cc1cccc(NC(=O)CN(C[C@H]2CCCO2)C(=O)c2ccccn2)c1C. The molecule has 1 aliphatic heterocycles. The zero-order valence-electron chi connectivity index (χ0n) is 15.8. The third kappa shape index (κ3) is 4.92. The number of pyridine rings is 1. The monoisotopic (exact) mass is 367 g/mol. The van der Waals surface area contributed by atoms with Crippen LogP contribution in [-0.2, 0) is 9.53 Å². The lowest BCUT2D eigenvalue weighted by atomic mass is 10.1. The molecule has 0 radical (unpaired) electrons. The van der Waals surface area contributed by atoms with Crippen molar-refractivity contribution in [2.75, 3.05) is 25.0 Å². The van der Waals surface area contributed by atoms with E-state index in [1.54, 1.807) is 24.4 Å². The predicted octanol–water partition coefficient (Wildman–Crippen LogP) is 2.96. The molecule has 1 fully saturated rings. The Morgan fingerprint density at radius 3 is 2.78 bits per heavy atom. The first-order chi connectivity index (χ1) is 13.0. The van der Waals surface area contributed by atoms with E-state index in [4.69, 9.17) is 4.74 Å². The highest BCUT2D eigenvalue weighted by Gasteiger charge is 2.26. The van der Waals surface area contributed by atoms with Crippen molar-refractivity contribution in [1.82, 2.24) is 9.88 Å². The van der Waals surface area contributed by atoms with Gasteiger partial charge in [-0.3, -0.25) is 14.6 Å². The van der Waals surface area contributed by atoms with E-state index in [-0.39, 0.29) is 24.5 Å². The Kier molecular flexibility index (Phi) is 6.19. The van der Waals surface area contributed by atoms with Crippen LogP contribution in [0.15, 0.2) is 42.6 Å². The highest BCUT2D eigenvalue weighted by molar-refractivity contribution is 5.98. The minimum atomic E-state index is -0.262. The molecule has 3 rings (SSSR count). The van der Waals surface area contributed by atoms with Gasteiger partial charge in [0.1, 0.15) is 12.2 Å². The zero-order valence-corrected chi connectivity index (χ0v) is 15.8. The molecule has 0 aliphatic carbocycles. The average Bonchev–Trinajstić information content (AvgIpc) is 3.18. The van der Waals surface area contributed by atoms with E-state index in [0.717, 1.165) is 29.7 Å². The van der Waals surface area contributed by atoms with Gasteiger partial charge >= 0.3 is 0 Å². The van der Waals surface area contributed by atoms with E-state index in [2.05, 4.69) is 10.3 Å². The third-order valence-corrected chi connectivity index (χ3v) is 4.83. The van der Waals surface area contributed by atoms with Crippen molar-refractivity contribution in [3.05, 3.63) is 59.4 Å². The summed E-state index contributed by atoms with van der Waals surface area (Å²) in [7, 11) is 0. The molecule has 142 valence electrons. The molecular formula is C21H25N3O3. The van der Waals surface area contributed by atoms with Crippen LogP contribution in [0.1, 0.15) is 34.5 Å². The number of anilines is 1. The lowest BCUT2D eigenvalue weighted by Gasteiger charge is -2.25. The standard InChI is InChI=1S/C21H25N3O3/c1-15-7-5-10-18(16(15)2)23-20(25)14-24(13-17-8-6-12-27-17)21(26)19-9-3-4-11-22-19/h3-5,7,9-11,17H,6,8,12-14H2,1-2H3,(H,23,25)/t17-/m1/s1. The normalized spacial score (nSPS) is 16.1. The maximum absolute atomic E-state index is 12.9. The third-order valence-electron chi connectivity index (χ3n) is 4.83. The van der Waals surface area contributed by atoms with Crippen LogP contribution in [0.2, 0.25) is 0 Å². The van der Waals surface area contributed by atoms with Gasteiger partial charge in [-0.1, -0.05) is 18.2 Å². The second-order valence-electron chi connectivity index (χ2n) is 6.83. The number of hydrogen-bond donors (Lipinski definition) is 1. The fourth-order valence-electron chi connectivity index (χ4n) is 3.15. The summed E-state index contributed by atoms with van der Waals surface area (Å²) >= 11 is 0. The van der Waals surface area contributed by atoms with E-state index in [0.29, 0.717) is 18.8 Å². The number of benzene rings is 1. The van der Waals surface area contributed by atoms with Crippen LogP contribution in [0.4, 0.5) is 5.69 Å². The van der Waals surface area contributed by atoms with E-state index in [1.165, 1.54) is 4.90 Å². The van der Waals surface area contributed by atoms with Crippen molar-refractivity contribution in [2.45, 2.75) is 32.8 Å². The van der Waals surface area contributed by atoms with Crippen LogP contribution >= 0.6 is 0 Å². The number of carbonyl (C=O) groups is 2. The number of rotatable bonds is 6. The van der Waals surface area contributed by atoms with Crippen LogP contribution in [-0.4, -0.2) is 47.5 Å². The molecule has 2 amide bonds. The number of aryl methyl sites for hydroxylation is 1. The Bertz CT molecular complexity index is 802. The number of nitrogens with one attached hydrogen (secondary N) is 1. The Morgan fingerprint density at radius 1 is 1.22 bits per heavy atom. The van der Waals surface area contributed by atoms with Crippen molar-refractivity contribution in [3.63, 3.8) is 0 Å². The molecule has 27 heavy (non-hydrogen) atoms. The molecule has 1 N–H and O–H groups in total. The van der Waals surface area contributed by atoms with Gasteiger partial charge in [0, 0.05) is 25.0 Å². The molecule has 0 saturated carbocycles. The fourth-order valence-corrected chi connectivity index (χ4v) is 3.15. The molecule has 1 aromatic carbocycles. The summed E-state index contributed by atoms with van der Waals surface area (Å²) in [5.74, 6) is -0.492. The topological polar surface area (TPSA) is 71.5 Å². The molecule has 6 nitrogen and oxygen atoms in total. The van der Waals surface area contributed by atoms with Gasteiger partial charge in [0.15, 0.2) is 0 Å². The van der Waals surface area contributed by atoms with E-state index < -0.39 is 0 Å². The van der Waals surface area contributed by atoms with E-state index in [1.807, 2.05) is 32.0 Å². The van der Waals surface area contributed by atoms with Crippen LogP contribution < -0.4 is 5.32 Å². The maximum atomic E-state index is 12.9. The number of hydrogen-bond acceptors (Lipinski definition) is 4. The first-order valence-corrected chi connectivity index (χ1v) is 9.22. The number of nitrogens with zero attached hydrogens (tertiary/aromatic N) is 2. The van der Waals surface area contributed by atoms with Crippen LogP contribution in [0.25, 0.3) is 0 Å². The summed E-state index contributed by atoms with van der Waals surface area (Å²) in [5, 5.41) is 2.92. The first kappa shape index (κ1) is 19.0. The zero-order chi connectivity index (χ0) is 19.2. The fraction of sp³-hybridized carbons (Fsp3) is 0.381. The summed E-state index contributed by atoms with van der Waals surface area (Å²) in [6.07, 6.45) is 3.41. The van der Waals surface area contributed by atoms with Crippen LogP contribution in [0, 0.1) is 13.8 Å². The second-order valence-corrected chi connectivity index (χ2v) is 6.83. The van der Waals surface area contributed by atoms with Gasteiger partial charge in [0.2, 0.25) is 5.91 Å². The summed E-state index contributed by atoms with van der Waals surface area (Å²) in [5.41, 5.74) is 3.22. The highest BCUT2D eigenvalue weighted by Crippen LogP contribution is 2.19. The summed E-state index contributed by atoms with van der Waals surface area (Å²) in [6, 6.07) is 11.0. The van der Waals surface area contributed by atoms with Gasteiger partial charge < -0.3 is 15.0 Å². The lowest BCUT2D eigenvalue weighted by Crippen LogP contribution is -2.42. The van der Waals surface area contributed by atoms with Gasteiger partial charge in [-0.25, -0.2) is 0 Å². The quantitative estimate of drug-likeness (QED) is 0.852. The number of ether oxygens (including phenoxy) is 1. The Hall–Kier alpha value is -2.73. The molecule has 0 spiro atoms. The van der Waals surface area contributed by atoms with Gasteiger partial charge in [0.05, 0.1) is 6.10 Å². The van der Waals surface area contributed by atoms with Gasteiger partial charge in [-0.2, -0.15) is 0 Å². The summed E-state index contributed by atoms with van der Waals surface area (Å²) in [4.78, 5) is 31.2. The largest absolute Gasteiger partial charge is 0.376 e. The average molecular weight is 367 g/mol. The van der Waals surface area contributed by atoms with Crippen LogP contribution in [0.5, 0.6) is 0 Å². The smallest absolute Gasteiger partial charge is 0.273 e. The van der Waals surface area contributed by atoms with E-state index >= 15 is 0 Å². The Labute approximate surface area is 159 Å². The van der Waals surface area contributed by atoms with Crippen molar-refractivity contribution in [1.29, 1.82) is 0 Å². The van der Waals surface area contributed by atoms with Crippen molar-refractivity contribution in [2.24, 2.45) is 0 Å². The van der Waals surface area contributed by atoms with Gasteiger partial charge in [-0.15, -0.1) is 0 Å². The molecular weight excluding hydrogens is 342 g/mol. The Balaban J connectivity index is 1.72. The van der Waals surface area contributed by atoms with Crippen LogP contribution in [0.3, 0.4) is 0 Å². The molecule has 1 atom stereocenters. The molecule has 0 unspecified atom stereocenters. The number of aromatic nitrogens is 1. The van der Waals surface area contributed by atoms with Crippen molar-refractivity contribution in [3.8, 4) is 0 Å². The first-order valence-electron chi connectivity index (χ1n) is 9.22. The van der Waals surface area contributed by atoms with Crippen molar-refractivity contribution >= 4 is 17.5 Å². The summed E-state index contributed by atoms with van der Waals surface area (Å²) < 4.78 is 5.66. The van der Waals surface area contributed by atoms with Gasteiger partial charge in [-0.05, 0) is 56.0 Å².